The average molecular weight is 522 g/mol. The number of hydrogen-bond donors (Lipinski definition) is 0. The summed E-state index contributed by atoms with van der Waals surface area (Å²) in [7, 11) is 0. The highest BCUT2D eigenvalue weighted by atomic mass is 15.0. The maximum atomic E-state index is 5.34. The standard InChI is InChI=1S/C38H23N3/c1-3-11-24(12-4-1)25-13-9-14-26(23-25)38-39-31-19-10-18-28-29-21-22-33-35(36(29)37(40-38)34(28)31)30-17-7-8-20-32(30)41(33)27-15-5-2-6-16-27/h1-23H. The lowest BCUT2D eigenvalue weighted by Crippen LogP contribution is -1.94. The van der Waals surface area contributed by atoms with Gasteiger partial charge in [0, 0.05) is 33.0 Å². The molecule has 8 aromatic rings. The number of benzene rings is 6. The molecule has 3 heteroatoms. The van der Waals surface area contributed by atoms with E-state index in [0.717, 1.165) is 39.2 Å². The maximum absolute atomic E-state index is 5.34. The second-order valence-electron chi connectivity index (χ2n) is 10.6. The van der Waals surface area contributed by atoms with Gasteiger partial charge in [-0.25, -0.2) is 9.97 Å². The summed E-state index contributed by atoms with van der Waals surface area (Å²) in [6.45, 7) is 0. The molecule has 3 nitrogen and oxygen atoms in total. The van der Waals surface area contributed by atoms with Crippen LogP contribution in [0.1, 0.15) is 0 Å². The molecule has 0 bridgehead atoms. The van der Waals surface area contributed by atoms with Gasteiger partial charge in [0.15, 0.2) is 5.82 Å². The van der Waals surface area contributed by atoms with E-state index < -0.39 is 0 Å². The van der Waals surface area contributed by atoms with Crippen molar-refractivity contribution < 1.29 is 0 Å². The Bertz CT molecular complexity index is 2300. The van der Waals surface area contributed by atoms with E-state index in [1.807, 2.05) is 6.07 Å². The van der Waals surface area contributed by atoms with Crippen LogP contribution in [0, 0.1) is 0 Å². The summed E-state index contributed by atoms with van der Waals surface area (Å²) in [4.78, 5) is 10.4. The number of aromatic nitrogens is 3. The first-order valence-corrected chi connectivity index (χ1v) is 13.9. The molecule has 0 aliphatic heterocycles. The first-order chi connectivity index (χ1) is 20.3. The van der Waals surface area contributed by atoms with Gasteiger partial charge in [0.25, 0.3) is 0 Å². The Hall–Kier alpha value is -5.54. The fourth-order valence-corrected chi connectivity index (χ4v) is 6.57. The molecule has 190 valence electrons. The molecule has 2 aromatic heterocycles. The topological polar surface area (TPSA) is 30.7 Å². The average Bonchev–Trinajstić information content (AvgIpc) is 3.56. The zero-order valence-electron chi connectivity index (χ0n) is 22.1. The third kappa shape index (κ3) is 3.20. The fourth-order valence-electron chi connectivity index (χ4n) is 6.57. The summed E-state index contributed by atoms with van der Waals surface area (Å²) in [6.07, 6.45) is 0. The monoisotopic (exact) mass is 521 g/mol. The summed E-state index contributed by atoms with van der Waals surface area (Å²) in [5, 5.41) is 3.60. The Morgan fingerprint density at radius 2 is 1.20 bits per heavy atom. The Balaban J connectivity index is 1.35. The third-order valence-electron chi connectivity index (χ3n) is 8.33. The highest BCUT2D eigenvalue weighted by molar-refractivity contribution is 6.25. The molecule has 6 aromatic carbocycles. The van der Waals surface area contributed by atoms with Gasteiger partial charge in [-0.05, 0) is 58.7 Å². The molecular weight excluding hydrogens is 498 g/mol. The van der Waals surface area contributed by atoms with Crippen LogP contribution in [0.4, 0.5) is 0 Å². The van der Waals surface area contributed by atoms with Crippen LogP contribution in [0.2, 0.25) is 0 Å². The van der Waals surface area contributed by atoms with Gasteiger partial charge >= 0.3 is 0 Å². The molecule has 0 spiro atoms. The van der Waals surface area contributed by atoms with Gasteiger partial charge < -0.3 is 4.57 Å². The molecule has 0 unspecified atom stereocenters. The summed E-state index contributed by atoms with van der Waals surface area (Å²) >= 11 is 0. The quantitative estimate of drug-likeness (QED) is 0.232. The normalized spacial score (nSPS) is 11.9. The van der Waals surface area contributed by atoms with Crippen molar-refractivity contribution in [3.05, 3.63) is 140 Å². The smallest absolute Gasteiger partial charge is 0.160 e. The summed E-state index contributed by atoms with van der Waals surface area (Å²) in [5.41, 5.74) is 12.5. The molecule has 2 heterocycles. The van der Waals surface area contributed by atoms with Gasteiger partial charge in [0.1, 0.15) is 0 Å². The minimum Gasteiger partial charge on any atom is -0.309 e. The summed E-state index contributed by atoms with van der Waals surface area (Å²) in [5.74, 6) is 0.749. The molecule has 0 fully saturated rings. The predicted molar refractivity (Wildman–Crippen MR) is 169 cm³/mol. The van der Waals surface area contributed by atoms with E-state index in [1.165, 1.54) is 44.1 Å². The van der Waals surface area contributed by atoms with Crippen LogP contribution < -0.4 is 0 Å². The van der Waals surface area contributed by atoms with E-state index in [4.69, 9.17) is 9.97 Å². The molecule has 0 saturated carbocycles. The Morgan fingerprint density at radius 1 is 0.463 bits per heavy atom. The number of nitrogens with zero attached hydrogens (tertiary/aromatic N) is 3. The van der Waals surface area contributed by atoms with Crippen molar-refractivity contribution >= 4 is 32.7 Å². The van der Waals surface area contributed by atoms with Crippen molar-refractivity contribution in [3.63, 3.8) is 0 Å². The molecule has 0 atom stereocenters. The van der Waals surface area contributed by atoms with Crippen LogP contribution in [0.25, 0.3) is 83.3 Å². The van der Waals surface area contributed by atoms with Crippen LogP contribution in [0.15, 0.2) is 140 Å². The zero-order chi connectivity index (χ0) is 26.9. The van der Waals surface area contributed by atoms with Gasteiger partial charge in [-0.1, -0.05) is 103 Å². The van der Waals surface area contributed by atoms with E-state index in [0.29, 0.717) is 0 Å². The van der Waals surface area contributed by atoms with Gasteiger partial charge in [-0.15, -0.1) is 0 Å². The summed E-state index contributed by atoms with van der Waals surface area (Å²) in [6, 6.07) is 49.3. The molecule has 1 aliphatic carbocycles. The Morgan fingerprint density at radius 3 is 2.07 bits per heavy atom. The van der Waals surface area contributed by atoms with Crippen molar-refractivity contribution in [2.45, 2.75) is 0 Å². The van der Waals surface area contributed by atoms with Crippen molar-refractivity contribution in [2.75, 3.05) is 0 Å². The molecular formula is C38H23N3. The Kier molecular flexibility index (Phi) is 4.61. The molecule has 9 rings (SSSR count). The van der Waals surface area contributed by atoms with Gasteiger partial charge in [-0.3, -0.25) is 0 Å². The lowest BCUT2D eigenvalue weighted by molar-refractivity contribution is 1.18. The van der Waals surface area contributed by atoms with E-state index in [1.54, 1.807) is 0 Å². The predicted octanol–water partition coefficient (Wildman–Crippen LogP) is 9.71. The second-order valence-corrected chi connectivity index (χ2v) is 10.6. The highest BCUT2D eigenvalue weighted by Crippen LogP contribution is 2.51. The molecule has 0 radical (unpaired) electrons. The van der Waals surface area contributed by atoms with Crippen molar-refractivity contribution in [1.29, 1.82) is 0 Å². The Labute approximate surface area is 237 Å². The van der Waals surface area contributed by atoms with Gasteiger partial charge in [0.2, 0.25) is 0 Å². The largest absolute Gasteiger partial charge is 0.309 e. The van der Waals surface area contributed by atoms with E-state index in [-0.39, 0.29) is 0 Å². The molecule has 0 saturated heterocycles. The van der Waals surface area contributed by atoms with Crippen molar-refractivity contribution in [2.24, 2.45) is 0 Å². The first-order valence-electron chi connectivity index (χ1n) is 13.9. The zero-order valence-corrected chi connectivity index (χ0v) is 22.1. The van der Waals surface area contributed by atoms with Crippen LogP contribution in [-0.4, -0.2) is 14.5 Å². The SMILES string of the molecule is c1ccc(-c2cccc(-c3nc4c5c(cccc5n3)-c3ccc5c(c3-4)c3ccccc3n5-c3ccccc3)c2)cc1. The molecule has 0 N–H and O–H groups in total. The second kappa shape index (κ2) is 8.48. The number of fused-ring (bicyclic) bond motifs is 7. The van der Waals surface area contributed by atoms with Crippen LogP contribution >= 0.6 is 0 Å². The van der Waals surface area contributed by atoms with Crippen LogP contribution in [0.3, 0.4) is 0 Å². The highest BCUT2D eigenvalue weighted by Gasteiger charge is 2.29. The van der Waals surface area contributed by atoms with Gasteiger partial charge in [0.05, 0.1) is 22.2 Å². The third-order valence-corrected chi connectivity index (χ3v) is 8.33. The number of para-hydroxylation sites is 2. The minimum absolute atomic E-state index is 0.749. The lowest BCUT2D eigenvalue weighted by Gasteiger charge is -2.09. The van der Waals surface area contributed by atoms with Crippen LogP contribution in [0.5, 0.6) is 0 Å². The molecule has 41 heavy (non-hydrogen) atoms. The fraction of sp³-hybridized carbons (Fsp3) is 0. The van der Waals surface area contributed by atoms with Gasteiger partial charge in [-0.2, -0.15) is 0 Å². The van der Waals surface area contributed by atoms with Crippen molar-refractivity contribution in [3.8, 4) is 50.6 Å². The maximum Gasteiger partial charge on any atom is 0.160 e. The van der Waals surface area contributed by atoms with Crippen LogP contribution in [-0.2, 0) is 0 Å². The molecule has 1 aliphatic rings. The lowest BCUT2D eigenvalue weighted by atomic mass is 10.00. The first kappa shape index (κ1) is 22.3. The van der Waals surface area contributed by atoms with E-state index in [9.17, 15) is 0 Å². The minimum atomic E-state index is 0.749. The molecule has 0 amide bonds. The van der Waals surface area contributed by atoms with Crippen molar-refractivity contribution in [1.82, 2.24) is 14.5 Å². The summed E-state index contributed by atoms with van der Waals surface area (Å²) < 4.78 is 2.37. The van der Waals surface area contributed by atoms with E-state index in [2.05, 4.69) is 138 Å². The number of hydrogen-bond acceptors (Lipinski definition) is 2. The number of rotatable bonds is 3. The van der Waals surface area contributed by atoms with E-state index >= 15 is 0 Å².